The molecule has 0 saturated carbocycles. The molecule has 0 radical (unpaired) electrons. The summed E-state index contributed by atoms with van der Waals surface area (Å²) in [6, 6.07) is 8.29. The van der Waals surface area contributed by atoms with Crippen LogP contribution >= 0.6 is 0 Å². The molecule has 0 spiro atoms. The minimum absolute atomic E-state index is 0.00832. The minimum Gasteiger partial charge on any atom is -0.475 e. The Morgan fingerprint density at radius 1 is 1.36 bits per heavy atom. The van der Waals surface area contributed by atoms with Gasteiger partial charge in [0.15, 0.2) is 0 Å². The van der Waals surface area contributed by atoms with Crippen LogP contribution in [0.15, 0.2) is 28.7 Å². The third-order valence-electron chi connectivity index (χ3n) is 4.55. The van der Waals surface area contributed by atoms with E-state index < -0.39 is 5.97 Å². The molecule has 1 aromatic carbocycles. The van der Waals surface area contributed by atoms with Crippen LogP contribution in [0.1, 0.15) is 55.1 Å². The fraction of sp³-hybridized carbons (Fsp3) is 0.500. The summed E-state index contributed by atoms with van der Waals surface area (Å²) in [5.41, 5.74) is 1.87. The molecule has 4 heteroatoms. The molecule has 1 atom stereocenters. The minimum atomic E-state index is -1.02. The number of aromatic carboxylic acids is 1. The van der Waals surface area contributed by atoms with Crippen LogP contribution in [0, 0.1) is 0 Å². The normalized spacial score (nSPS) is 19.6. The molecule has 118 valence electrons. The van der Waals surface area contributed by atoms with E-state index >= 15 is 0 Å². The average Bonchev–Trinajstić information content (AvgIpc) is 2.93. The number of hydrogen-bond donors (Lipinski definition) is 1. The molecule has 2 heterocycles. The van der Waals surface area contributed by atoms with Crippen molar-refractivity contribution in [2.75, 3.05) is 6.54 Å². The smallest absolute Gasteiger partial charge is 0.371 e. The highest BCUT2D eigenvalue weighted by Gasteiger charge is 2.21. The van der Waals surface area contributed by atoms with Gasteiger partial charge in [-0.1, -0.05) is 25.8 Å². The molecule has 1 aliphatic heterocycles. The van der Waals surface area contributed by atoms with Crippen molar-refractivity contribution >= 4 is 16.9 Å². The summed E-state index contributed by atoms with van der Waals surface area (Å²) >= 11 is 0. The lowest BCUT2D eigenvalue weighted by Gasteiger charge is -2.35. The molecule has 0 amide bonds. The van der Waals surface area contributed by atoms with Gasteiger partial charge in [0.1, 0.15) is 5.58 Å². The summed E-state index contributed by atoms with van der Waals surface area (Å²) in [5.74, 6) is -1.01. The first-order valence-corrected chi connectivity index (χ1v) is 8.17. The van der Waals surface area contributed by atoms with Crippen LogP contribution in [0.4, 0.5) is 0 Å². The predicted octanol–water partition coefficient (Wildman–Crippen LogP) is 4.29. The van der Waals surface area contributed by atoms with Gasteiger partial charge < -0.3 is 9.52 Å². The molecule has 0 aliphatic carbocycles. The quantitative estimate of drug-likeness (QED) is 0.895. The zero-order chi connectivity index (χ0) is 15.5. The number of carboxylic acids is 1. The Morgan fingerprint density at radius 3 is 3.00 bits per heavy atom. The van der Waals surface area contributed by atoms with Crippen molar-refractivity contribution in [2.45, 2.75) is 51.6 Å². The zero-order valence-corrected chi connectivity index (χ0v) is 13.0. The Kier molecular flexibility index (Phi) is 4.48. The topological polar surface area (TPSA) is 53.7 Å². The maximum atomic E-state index is 11.0. The van der Waals surface area contributed by atoms with Crippen LogP contribution in [0.3, 0.4) is 0 Å². The third kappa shape index (κ3) is 3.17. The Bertz CT molecular complexity index is 659. The van der Waals surface area contributed by atoms with Crippen LogP contribution in [0.25, 0.3) is 11.0 Å². The van der Waals surface area contributed by atoms with Gasteiger partial charge in [0.05, 0.1) is 0 Å². The molecule has 1 saturated heterocycles. The Morgan fingerprint density at radius 2 is 2.23 bits per heavy atom. The van der Waals surface area contributed by atoms with Gasteiger partial charge in [-0.2, -0.15) is 0 Å². The highest BCUT2D eigenvalue weighted by atomic mass is 16.4. The molecule has 2 aromatic rings. The Balaban J connectivity index is 1.79. The van der Waals surface area contributed by atoms with Crippen molar-refractivity contribution in [3.63, 3.8) is 0 Å². The number of likely N-dealkylation sites (tertiary alicyclic amines) is 1. The van der Waals surface area contributed by atoms with Crippen LogP contribution < -0.4 is 0 Å². The van der Waals surface area contributed by atoms with Crippen LogP contribution in [-0.4, -0.2) is 28.6 Å². The maximum absolute atomic E-state index is 11.0. The standard InChI is InChI=1S/C18H23NO3/c1-2-5-15-6-3-4-9-19(15)12-13-7-8-16-14(10-13)11-17(22-16)18(20)21/h7-8,10-11,15H,2-6,9,12H2,1H3,(H,20,21). The fourth-order valence-corrected chi connectivity index (χ4v) is 3.46. The number of nitrogens with zero attached hydrogens (tertiary/aromatic N) is 1. The van der Waals surface area contributed by atoms with Gasteiger partial charge in [-0.15, -0.1) is 0 Å². The summed E-state index contributed by atoms with van der Waals surface area (Å²) in [6.07, 6.45) is 6.40. The van der Waals surface area contributed by atoms with Gasteiger partial charge in [-0.05, 0) is 49.6 Å². The van der Waals surface area contributed by atoms with Gasteiger partial charge in [0.25, 0.3) is 0 Å². The Hall–Kier alpha value is -1.81. The van der Waals surface area contributed by atoms with E-state index in [0.29, 0.717) is 11.6 Å². The number of hydrogen-bond acceptors (Lipinski definition) is 3. The number of furan rings is 1. The van der Waals surface area contributed by atoms with Crippen molar-refractivity contribution < 1.29 is 14.3 Å². The summed E-state index contributed by atoms with van der Waals surface area (Å²) in [4.78, 5) is 13.6. The predicted molar refractivity (Wildman–Crippen MR) is 86.1 cm³/mol. The lowest BCUT2D eigenvalue weighted by atomic mass is 9.97. The molecule has 4 nitrogen and oxygen atoms in total. The van der Waals surface area contributed by atoms with Gasteiger partial charge in [-0.25, -0.2) is 4.79 Å². The van der Waals surface area contributed by atoms with Crippen molar-refractivity contribution in [1.82, 2.24) is 4.90 Å². The number of piperidine rings is 1. The summed E-state index contributed by atoms with van der Waals surface area (Å²) in [6.45, 7) is 4.35. The molecular weight excluding hydrogens is 278 g/mol. The second kappa shape index (κ2) is 6.53. The fourth-order valence-electron chi connectivity index (χ4n) is 3.46. The van der Waals surface area contributed by atoms with Crippen LogP contribution in [-0.2, 0) is 6.54 Å². The van der Waals surface area contributed by atoms with E-state index in [1.54, 1.807) is 6.07 Å². The van der Waals surface area contributed by atoms with Crippen molar-refractivity contribution in [3.05, 3.63) is 35.6 Å². The lowest BCUT2D eigenvalue weighted by molar-refractivity contribution is 0.0665. The Labute approximate surface area is 130 Å². The molecule has 3 rings (SSSR count). The van der Waals surface area contributed by atoms with E-state index in [1.807, 2.05) is 6.07 Å². The maximum Gasteiger partial charge on any atom is 0.371 e. The van der Waals surface area contributed by atoms with E-state index in [9.17, 15) is 4.79 Å². The first kappa shape index (κ1) is 15.1. The highest BCUT2D eigenvalue weighted by Crippen LogP contribution is 2.25. The number of benzene rings is 1. The van der Waals surface area contributed by atoms with Crippen molar-refractivity contribution in [2.24, 2.45) is 0 Å². The first-order chi connectivity index (χ1) is 10.7. The van der Waals surface area contributed by atoms with E-state index in [0.717, 1.165) is 18.5 Å². The summed E-state index contributed by atoms with van der Waals surface area (Å²) in [7, 11) is 0. The van der Waals surface area contributed by atoms with Gasteiger partial charge in [-0.3, -0.25) is 4.90 Å². The second-order valence-corrected chi connectivity index (χ2v) is 6.20. The second-order valence-electron chi connectivity index (χ2n) is 6.20. The van der Waals surface area contributed by atoms with E-state index in [2.05, 4.69) is 24.0 Å². The highest BCUT2D eigenvalue weighted by molar-refractivity contribution is 5.91. The lowest BCUT2D eigenvalue weighted by Crippen LogP contribution is -2.38. The first-order valence-electron chi connectivity index (χ1n) is 8.17. The molecule has 1 unspecified atom stereocenters. The molecule has 22 heavy (non-hydrogen) atoms. The molecule has 1 aliphatic rings. The van der Waals surface area contributed by atoms with Gasteiger partial charge in [0.2, 0.25) is 5.76 Å². The van der Waals surface area contributed by atoms with E-state index in [4.69, 9.17) is 9.52 Å². The molecular formula is C18H23NO3. The average molecular weight is 301 g/mol. The third-order valence-corrected chi connectivity index (χ3v) is 4.55. The number of carbonyl (C=O) groups is 1. The molecule has 1 fully saturated rings. The van der Waals surface area contributed by atoms with Crippen LogP contribution in [0.2, 0.25) is 0 Å². The van der Waals surface area contributed by atoms with Gasteiger partial charge in [0, 0.05) is 18.0 Å². The molecule has 1 aromatic heterocycles. The molecule has 1 N–H and O–H groups in total. The van der Waals surface area contributed by atoms with Crippen molar-refractivity contribution in [3.8, 4) is 0 Å². The van der Waals surface area contributed by atoms with Crippen molar-refractivity contribution in [1.29, 1.82) is 0 Å². The largest absolute Gasteiger partial charge is 0.475 e. The van der Waals surface area contributed by atoms with Crippen LogP contribution in [0.5, 0.6) is 0 Å². The number of carboxylic acid groups (broad SMARTS) is 1. The monoisotopic (exact) mass is 301 g/mol. The van der Waals surface area contributed by atoms with E-state index in [-0.39, 0.29) is 5.76 Å². The SMILES string of the molecule is CCCC1CCCCN1Cc1ccc2oc(C(=O)O)cc2c1. The summed E-state index contributed by atoms with van der Waals surface area (Å²) < 4.78 is 5.32. The number of fused-ring (bicyclic) bond motifs is 1. The molecule has 0 bridgehead atoms. The van der Waals surface area contributed by atoms with Gasteiger partial charge >= 0.3 is 5.97 Å². The zero-order valence-electron chi connectivity index (χ0n) is 13.0. The van der Waals surface area contributed by atoms with E-state index in [1.165, 1.54) is 37.7 Å². The summed E-state index contributed by atoms with van der Waals surface area (Å²) in [5, 5.41) is 9.88. The number of rotatable bonds is 5.